The molecule has 0 amide bonds. The minimum Gasteiger partial charge on any atom is -0.371 e. The monoisotopic (exact) mass is 467 g/mol. The molecule has 0 aromatic heterocycles. The zero-order valence-corrected chi connectivity index (χ0v) is 20.7. The molecule has 2 nitrogen and oxygen atoms in total. The molecule has 3 aliphatic rings. The molecule has 0 spiro atoms. The van der Waals surface area contributed by atoms with Gasteiger partial charge in [0.05, 0.1) is 5.02 Å². The molecule has 0 atom stereocenters. The van der Waals surface area contributed by atoms with Crippen molar-refractivity contribution in [1.82, 2.24) is 0 Å². The Labute approximate surface area is 206 Å². The van der Waals surface area contributed by atoms with Crippen LogP contribution < -0.4 is 4.90 Å². The fourth-order valence-electron chi connectivity index (χ4n) is 6.19. The predicted molar refractivity (Wildman–Crippen MR) is 143 cm³/mol. The number of allylic oxidation sites excluding steroid dienone is 4. The lowest BCUT2D eigenvalue weighted by atomic mass is 9.68. The summed E-state index contributed by atoms with van der Waals surface area (Å²) in [4.78, 5) is 15.9. The average Bonchev–Trinajstić information content (AvgIpc) is 2.85. The molecule has 3 heteroatoms. The summed E-state index contributed by atoms with van der Waals surface area (Å²) in [6, 6.07) is 19.4. The van der Waals surface area contributed by atoms with Crippen LogP contribution in [0.2, 0.25) is 5.02 Å². The van der Waals surface area contributed by atoms with Crippen molar-refractivity contribution in [3.05, 3.63) is 94.0 Å². The summed E-state index contributed by atoms with van der Waals surface area (Å²) >= 11 is 6.93. The molecule has 1 heterocycles. The van der Waals surface area contributed by atoms with Gasteiger partial charge in [0.2, 0.25) is 0 Å². The summed E-state index contributed by atoms with van der Waals surface area (Å²) in [5.41, 5.74) is 6.95. The largest absolute Gasteiger partial charge is 0.371 e. The van der Waals surface area contributed by atoms with Crippen molar-refractivity contribution in [2.75, 3.05) is 18.0 Å². The molecule has 1 aliphatic heterocycles. The first kappa shape index (κ1) is 21.7. The molecule has 2 aliphatic carbocycles. The van der Waals surface area contributed by atoms with Crippen molar-refractivity contribution in [2.24, 2.45) is 5.41 Å². The minimum atomic E-state index is 0.0198. The fraction of sp³-hybridized carbons (Fsp3) is 0.323. The van der Waals surface area contributed by atoms with E-state index in [-0.39, 0.29) is 11.2 Å². The number of carbonyl (C=O) groups is 1. The van der Waals surface area contributed by atoms with Crippen LogP contribution in [0.25, 0.3) is 16.3 Å². The Kier molecular flexibility index (Phi) is 5.18. The fourth-order valence-corrected chi connectivity index (χ4v) is 6.50. The van der Waals surface area contributed by atoms with Gasteiger partial charge in [-0.15, -0.1) is 0 Å². The van der Waals surface area contributed by atoms with E-state index < -0.39 is 0 Å². The highest BCUT2D eigenvalue weighted by Gasteiger charge is 2.35. The number of fused-ring (bicyclic) bond motifs is 4. The van der Waals surface area contributed by atoms with E-state index in [9.17, 15) is 4.79 Å². The molecule has 34 heavy (non-hydrogen) atoms. The van der Waals surface area contributed by atoms with Gasteiger partial charge < -0.3 is 4.90 Å². The molecule has 1 saturated heterocycles. The molecule has 3 aromatic rings. The highest BCUT2D eigenvalue weighted by molar-refractivity contribution is 6.38. The van der Waals surface area contributed by atoms with E-state index in [1.165, 1.54) is 16.7 Å². The van der Waals surface area contributed by atoms with E-state index >= 15 is 0 Å². The predicted octanol–water partition coefficient (Wildman–Crippen LogP) is 8.20. The maximum atomic E-state index is 13.4. The van der Waals surface area contributed by atoms with Crippen LogP contribution in [-0.2, 0) is 0 Å². The topological polar surface area (TPSA) is 20.3 Å². The SMILES string of the molecule is CC1(C)CC=CC2=C1CC(=O)c1c2ccc2cc(N3CCC(c4ccccc4)CC3)cc(Cl)c12. The van der Waals surface area contributed by atoms with Crippen LogP contribution in [-0.4, -0.2) is 18.9 Å². The molecule has 0 N–H and O–H groups in total. The first-order valence-corrected chi connectivity index (χ1v) is 12.8. The zero-order valence-electron chi connectivity index (χ0n) is 19.9. The van der Waals surface area contributed by atoms with E-state index in [4.69, 9.17) is 11.6 Å². The van der Waals surface area contributed by atoms with Crippen molar-refractivity contribution >= 4 is 39.4 Å². The molecule has 1 fully saturated rings. The molecule has 0 radical (unpaired) electrons. The molecule has 172 valence electrons. The number of carbonyl (C=O) groups excluding carboxylic acids is 1. The molecule has 0 bridgehead atoms. The number of hydrogen-bond acceptors (Lipinski definition) is 2. The van der Waals surface area contributed by atoms with Crippen LogP contribution in [0.5, 0.6) is 0 Å². The first-order valence-electron chi connectivity index (χ1n) is 12.4. The summed E-state index contributed by atoms with van der Waals surface area (Å²) in [5, 5.41) is 2.66. The van der Waals surface area contributed by atoms with E-state index in [1.807, 2.05) is 0 Å². The number of hydrogen-bond donors (Lipinski definition) is 0. The van der Waals surface area contributed by atoms with Gasteiger partial charge >= 0.3 is 0 Å². The van der Waals surface area contributed by atoms with Gasteiger partial charge in [-0.3, -0.25) is 4.79 Å². The number of piperidine rings is 1. The first-order chi connectivity index (χ1) is 16.4. The van der Waals surface area contributed by atoms with Crippen molar-refractivity contribution in [3.8, 4) is 0 Å². The van der Waals surface area contributed by atoms with Gasteiger partial charge in [-0.1, -0.05) is 80.1 Å². The van der Waals surface area contributed by atoms with E-state index in [1.54, 1.807) is 0 Å². The normalized spacial score (nSPS) is 20.0. The van der Waals surface area contributed by atoms with Gasteiger partial charge in [0.1, 0.15) is 0 Å². The summed E-state index contributed by atoms with van der Waals surface area (Å²) < 4.78 is 0. The van der Waals surface area contributed by atoms with Gasteiger partial charge in [-0.25, -0.2) is 0 Å². The molecular formula is C31H30ClNO. The van der Waals surface area contributed by atoms with E-state index in [0.29, 0.717) is 17.4 Å². The molecule has 6 rings (SSSR count). The summed E-state index contributed by atoms with van der Waals surface area (Å²) in [7, 11) is 0. The number of anilines is 1. The van der Waals surface area contributed by atoms with E-state index in [0.717, 1.165) is 59.9 Å². The Balaban J connectivity index is 1.35. The number of Topliss-reactive ketones (excluding diaryl/α,β-unsaturated/α-hetero) is 1. The summed E-state index contributed by atoms with van der Waals surface area (Å²) in [5.74, 6) is 0.814. The lowest BCUT2D eigenvalue weighted by Gasteiger charge is -2.36. The van der Waals surface area contributed by atoms with Crippen LogP contribution in [0.4, 0.5) is 5.69 Å². The molecule has 3 aromatic carbocycles. The highest BCUT2D eigenvalue weighted by Crippen LogP contribution is 2.48. The number of ketones is 1. The Hall–Kier alpha value is -2.84. The van der Waals surface area contributed by atoms with Gasteiger partial charge in [0, 0.05) is 36.1 Å². The Bertz CT molecular complexity index is 1360. The highest BCUT2D eigenvalue weighted by atomic mass is 35.5. The van der Waals surface area contributed by atoms with Crippen molar-refractivity contribution in [1.29, 1.82) is 0 Å². The third-order valence-corrected chi connectivity index (χ3v) is 8.44. The Morgan fingerprint density at radius 3 is 2.53 bits per heavy atom. The maximum Gasteiger partial charge on any atom is 0.168 e. The van der Waals surface area contributed by atoms with Gasteiger partial charge in [0.25, 0.3) is 0 Å². The van der Waals surface area contributed by atoms with Crippen LogP contribution in [0.1, 0.15) is 66.9 Å². The quantitative estimate of drug-likeness (QED) is 0.378. The molecule has 0 saturated carbocycles. The third-order valence-electron chi connectivity index (χ3n) is 8.15. The summed E-state index contributed by atoms with van der Waals surface area (Å²) in [6.45, 7) is 6.51. The van der Waals surface area contributed by atoms with Crippen molar-refractivity contribution in [2.45, 2.75) is 45.4 Å². The Morgan fingerprint density at radius 1 is 1.00 bits per heavy atom. The van der Waals surface area contributed by atoms with Crippen LogP contribution >= 0.6 is 11.6 Å². The number of rotatable bonds is 2. The summed E-state index contributed by atoms with van der Waals surface area (Å²) in [6.07, 6.45) is 8.20. The lowest BCUT2D eigenvalue weighted by Crippen LogP contribution is -2.32. The van der Waals surface area contributed by atoms with Crippen LogP contribution in [0.3, 0.4) is 0 Å². The number of benzene rings is 3. The number of nitrogens with zero attached hydrogens (tertiary/aromatic N) is 1. The van der Waals surface area contributed by atoms with Crippen LogP contribution in [0.15, 0.2) is 72.3 Å². The second kappa shape index (κ2) is 8.13. The standard InChI is InChI=1S/C31H30ClNO/c1-31(2)14-6-9-24-25-11-10-22-17-23(18-27(32)29(22)30(25)28(34)19-26(24)31)33-15-12-21(13-16-33)20-7-4-3-5-8-20/h3-11,17-18,21H,12-16,19H2,1-2H3. The minimum absolute atomic E-state index is 0.0198. The Morgan fingerprint density at radius 2 is 1.76 bits per heavy atom. The van der Waals surface area contributed by atoms with Crippen molar-refractivity contribution < 1.29 is 4.79 Å². The number of halogens is 1. The zero-order chi connectivity index (χ0) is 23.4. The molecule has 0 unspecified atom stereocenters. The van der Waals surface area contributed by atoms with Crippen molar-refractivity contribution in [3.63, 3.8) is 0 Å². The van der Waals surface area contributed by atoms with Crippen LogP contribution in [0, 0.1) is 5.41 Å². The van der Waals surface area contributed by atoms with E-state index in [2.05, 4.69) is 85.5 Å². The maximum absolute atomic E-state index is 13.4. The van der Waals surface area contributed by atoms with Gasteiger partial charge in [-0.05, 0) is 70.4 Å². The second-order valence-electron chi connectivity index (χ2n) is 10.7. The lowest BCUT2D eigenvalue weighted by molar-refractivity contribution is 0.0985. The van der Waals surface area contributed by atoms with Gasteiger partial charge in [0.15, 0.2) is 5.78 Å². The van der Waals surface area contributed by atoms with Gasteiger partial charge in [-0.2, -0.15) is 0 Å². The average molecular weight is 468 g/mol. The molecular weight excluding hydrogens is 438 g/mol. The second-order valence-corrected chi connectivity index (χ2v) is 11.1. The smallest absolute Gasteiger partial charge is 0.168 e. The third kappa shape index (κ3) is 3.51.